The van der Waals surface area contributed by atoms with Crippen molar-refractivity contribution in [3.05, 3.63) is 81.4 Å². The summed E-state index contributed by atoms with van der Waals surface area (Å²) in [6.07, 6.45) is 0. The zero-order chi connectivity index (χ0) is 23.5. The highest BCUT2D eigenvalue weighted by molar-refractivity contribution is 7.80. The van der Waals surface area contributed by atoms with Crippen molar-refractivity contribution in [2.75, 3.05) is 31.5 Å². The third-order valence-corrected chi connectivity index (χ3v) is 6.85. The third-order valence-electron chi connectivity index (χ3n) is 6.13. The Kier molecular flexibility index (Phi) is 7.32. The summed E-state index contributed by atoms with van der Waals surface area (Å²) < 4.78 is 16.0. The molecule has 0 bridgehead atoms. The molecule has 0 amide bonds. The maximum absolute atomic E-state index is 14.2. The van der Waals surface area contributed by atoms with E-state index in [2.05, 4.69) is 51.4 Å². The monoisotopic (exact) mass is 485 g/mol. The van der Waals surface area contributed by atoms with E-state index in [4.69, 9.17) is 23.8 Å². The van der Waals surface area contributed by atoms with Crippen molar-refractivity contribution in [1.29, 1.82) is 0 Å². The highest BCUT2D eigenvalue weighted by atomic mass is 35.5. The standard InChI is InChI=1S/C25H29ClFN5S/c1-17-6-4-7-20(14-17)15-30-10-12-31(13-11-30)25(33)28-24-18(2)29-32(19(24)3)16-21-22(26)8-5-9-23(21)27/h4-9,14H,10-13,15-16H2,1-3H3,(H,28,33). The molecule has 1 N–H and O–H groups in total. The SMILES string of the molecule is Cc1cccc(CN2CCN(C(=S)Nc3c(C)nn(Cc4c(F)cccc4Cl)c3C)CC2)c1. The molecule has 0 atom stereocenters. The molecule has 1 aliphatic heterocycles. The van der Waals surface area contributed by atoms with Crippen molar-refractivity contribution in [1.82, 2.24) is 19.6 Å². The van der Waals surface area contributed by atoms with E-state index in [0.29, 0.717) is 15.7 Å². The minimum absolute atomic E-state index is 0.268. The first-order chi connectivity index (χ1) is 15.8. The lowest BCUT2D eigenvalue weighted by Crippen LogP contribution is -2.49. The van der Waals surface area contributed by atoms with Crippen LogP contribution in [-0.4, -0.2) is 50.9 Å². The lowest BCUT2D eigenvalue weighted by atomic mass is 10.1. The Morgan fingerprint density at radius 3 is 2.48 bits per heavy atom. The molecule has 0 saturated carbocycles. The van der Waals surface area contributed by atoms with Gasteiger partial charge in [-0.15, -0.1) is 0 Å². The number of benzene rings is 2. The second kappa shape index (κ2) is 10.2. The number of nitrogens with zero attached hydrogens (tertiary/aromatic N) is 4. The molecule has 0 radical (unpaired) electrons. The zero-order valence-corrected chi connectivity index (χ0v) is 20.8. The summed E-state index contributed by atoms with van der Waals surface area (Å²) in [5.41, 5.74) is 5.66. The first-order valence-corrected chi connectivity index (χ1v) is 11.9. The van der Waals surface area contributed by atoms with Crippen LogP contribution in [0.15, 0.2) is 42.5 Å². The van der Waals surface area contributed by atoms with Crippen molar-refractivity contribution in [2.24, 2.45) is 0 Å². The molecule has 2 aromatic carbocycles. The molecular weight excluding hydrogens is 457 g/mol. The van der Waals surface area contributed by atoms with Crippen LogP contribution in [-0.2, 0) is 13.1 Å². The predicted molar refractivity (Wildman–Crippen MR) is 136 cm³/mol. The van der Waals surface area contributed by atoms with Crippen LogP contribution in [0.2, 0.25) is 5.02 Å². The van der Waals surface area contributed by atoms with Gasteiger partial charge >= 0.3 is 0 Å². The number of nitrogens with one attached hydrogen (secondary N) is 1. The zero-order valence-electron chi connectivity index (χ0n) is 19.2. The fourth-order valence-corrected chi connectivity index (χ4v) is 4.74. The van der Waals surface area contributed by atoms with Crippen molar-refractivity contribution in [3.8, 4) is 0 Å². The minimum Gasteiger partial charge on any atom is -0.346 e. The second-order valence-corrected chi connectivity index (χ2v) is 9.38. The van der Waals surface area contributed by atoms with Crippen molar-refractivity contribution in [3.63, 3.8) is 0 Å². The molecule has 174 valence electrons. The van der Waals surface area contributed by atoms with E-state index >= 15 is 0 Å². The van der Waals surface area contributed by atoms with E-state index in [9.17, 15) is 4.39 Å². The molecular formula is C25H29ClFN5S. The van der Waals surface area contributed by atoms with Crippen LogP contribution >= 0.6 is 23.8 Å². The molecule has 3 aromatic rings. The van der Waals surface area contributed by atoms with Gasteiger partial charge in [0.25, 0.3) is 0 Å². The van der Waals surface area contributed by atoms with Crippen LogP contribution in [0.1, 0.15) is 28.1 Å². The van der Waals surface area contributed by atoms with E-state index in [-0.39, 0.29) is 12.4 Å². The normalized spacial score (nSPS) is 14.5. The van der Waals surface area contributed by atoms with Gasteiger partial charge in [0.2, 0.25) is 0 Å². The number of thiocarbonyl (C=S) groups is 1. The van der Waals surface area contributed by atoms with E-state index in [1.165, 1.54) is 17.2 Å². The number of piperazine rings is 1. The van der Waals surface area contributed by atoms with E-state index < -0.39 is 0 Å². The molecule has 0 unspecified atom stereocenters. The van der Waals surface area contributed by atoms with Crippen LogP contribution in [0.5, 0.6) is 0 Å². The lowest BCUT2D eigenvalue weighted by Gasteiger charge is -2.36. The second-order valence-electron chi connectivity index (χ2n) is 8.59. The Balaban J connectivity index is 1.37. The predicted octanol–water partition coefficient (Wildman–Crippen LogP) is 5.16. The van der Waals surface area contributed by atoms with Gasteiger partial charge in [0.15, 0.2) is 5.11 Å². The summed E-state index contributed by atoms with van der Waals surface area (Å²) >= 11 is 11.9. The molecule has 8 heteroatoms. The van der Waals surface area contributed by atoms with Gasteiger partial charge < -0.3 is 10.2 Å². The van der Waals surface area contributed by atoms with Crippen LogP contribution in [0.3, 0.4) is 0 Å². The first kappa shape index (κ1) is 23.7. The maximum atomic E-state index is 14.2. The van der Waals surface area contributed by atoms with E-state index in [1.54, 1.807) is 16.8 Å². The summed E-state index contributed by atoms with van der Waals surface area (Å²) in [6, 6.07) is 13.4. The van der Waals surface area contributed by atoms with Crippen LogP contribution in [0, 0.1) is 26.6 Å². The van der Waals surface area contributed by atoms with Gasteiger partial charge in [0.1, 0.15) is 5.82 Å². The summed E-state index contributed by atoms with van der Waals surface area (Å²) in [5, 5.41) is 9.07. The van der Waals surface area contributed by atoms with Gasteiger partial charge in [-0.2, -0.15) is 5.10 Å². The van der Waals surface area contributed by atoms with Gasteiger partial charge in [-0.3, -0.25) is 9.58 Å². The quantitative estimate of drug-likeness (QED) is 0.505. The molecule has 5 nitrogen and oxygen atoms in total. The molecule has 1 fully saturated rings. The minimum atomic E-state index is -0.330. The molecule has 4 rings (SSSR count). The van der Waals surface area contributed by atoms with Crippen LogP contribution in [0.4, 0.5) is 10.1 Å². The average Bonchev–Trinajstić information content (AvgIpc) is 3.04. The highest BCUT2D eigenvalue weighted by Gasteiger charge is 2.21. The third kappa shape index (κ3) is 5.54. The van der Waals surface area contributed by atoms with Gasteiger partial charge in [-0.05, 0) is 50.7 Å². The highest BCUT2D eigenvalue weighted by Crippen LogP contribution is 2.25. The van der Waals surface area contributed by atoms with Gasteiger partial charge in [-0.25, -0.2) is 4.39 Å². The first-order valence-electron chi connectivity index (χ1n) is 11.1. The molecule has 1 saturated heterocycles. The number of aromatic nitrogens is 2. The van der Waals surface area contributed by atoms with Crippen molar-refractivity contribution < 1.29 is 4.39 Å². The number of hydrogen-bond acceptors (Lipinski definition) is 3. The van der Waals surface area contributed by atoms with Crippen LogP contribution in [0.25, 0.3) is 0 Å². The topological polar surface area (TPSA) is 36.3 Å². The number of hydrogen-bond donors (Lipinski definition) is 1. The summed E-state index contributed by atoms with van der Waals surface area (Å²) in [4.78, 5) is 4.66. The molecule has 2 heterocycles. The molecule has 0 spiro atoms. The average molecular weight is 486 g/mol. The number of aryl methyl sites for hydroxylation is 2. The van der Waals surface area contributed by atoms with Gasteiger partial charge in [0, 0.05) is 43.3 Å². The Labute approximate surface area is 205 Å². The fraction of sp³-hybridized carbons (Fsp3) is 0.360. The fourth-order valence-electron chi connectivity index (χ4n) is 4.23. The van der Waals surface area contributed by atoms with Crippen LogP contribution < -0.4 is 5.32 Å². The maximum Gasteiger partial charge on any atom is 0.173 e. The molecule has 33 heavy (non-hydrogen) atoms. The molecule has 1 aliphatic rings. The summed E-state index contributed by atoms with van der Waals surface area (Å²) in [5.74, 6) is -0.330. The number of anilines is 1. The number of halogens is 2. The van der Waals surface area contributed by atoms with Crippen molar-refractivity contribution in [2.45, 2.75) is 33.9 Å². The Morgan fingerprint density at radius 2 is 1.79 bits per heavy atom. The number of rotatable bonds is 5. The van der Waals surface area contributed by atoms with Crippen molar-refractivity contribution >= 4 is 34.6 Å². The Bertz CT molecular complexity index is 1130. The van der Waals surface area contributed by atoms with Gasteiger partial charge in [-0.1, -0.05) is 47.5 Å². The summed E-state index contributed by atoms with van der Waals surface area (Å²) in [6.45, 7) is 10.9. The summed E-state index contributed by atoms with van der Waals surface area (Å²) in [7, 11) is 0. The Morgan fingerprint density at radius 1 is 1.06 bits per heavy atom. The van der Waals surface area contributed by atoms with E-state index in [1.807, 2.05) is 13.8 Å². The Hall–Kier alpha value is -2.48. The van der Waals surface area contributed by atoms with Gasteiger partial charge in [0.05, 0.1) is 23.6 Å². The molecule has 1 aromatic heterocycles. The van der Waals surface area contributed by atoms with E-state index in [0.717, 1.165) is 49.8 Å². The lowest BCUT2D eigenvalue weighted by molar-refractivity contribution is 0.177. The largest absolute Gasteiger partial charge is 0.346 e. The molecule has 0 aliphatic carbocycles. The smallest absolute Gasteiger partial charge is 0.173 e.